The SMILES string of the molecule is O=C(NCCn1nc(C2CCCN(C(=O)C3CCCC3)C2)c2cccnc21)C1CC1. The molecule has 5 rings (SSSR count). The molecule has 0 radical (unpaired) electrons. The van der Waals surface area contributed by atoms with Crippen molar-refractivity contribution < 1.29 is 9.59 Å². The van der Waals surface area contributed by atoms with Crippen LogP contribution in [0.5, 0.6) is 0 Å². The number of nitrogens with zero attached hydrogens (tertiary/aromatic N) is 4. The quantitative estimate of drug-likeness (QED) is 0.796. The summed E-state index contributed by atoms with van der Waals surface area (Å²) in [6.07, 6.45) is 10.4. The van der Waals surface area contributed by atoms with E-state index in [0.29, 0.717) is 19.0 Å². The van der Waals surface area contributed by atoms with Crippen molar-refractivity contribution in [1.29, 1.82) is 0 Å². The minimum Gasteiger partial charge on any atom is -0.354 e. The van der Waals surface area contributed by atoms with Crippen molar-refractivity contribution in [3.8, 4) is 0 Å². The number of piperidine rings is 1. The Morgan fingerprint density at radius 2 is 1.90 bits per heavy atom. The first-order valence-corrected chi connectivity index (χ1v) is 11.6. The minimum atomic E-state index is 0.160. The molecule has 1 atom stereocenters. The van der Waals surface area contributed by atoms with Gasteiger partial charge in [-0.2, -0.15) is 5.10 Å². The zero-order valence-corrected chi connectivity index (χ0v) is 17.6. The molecule has 3 fully saturated rings. The maximum absolute atomic E-state index is 13.0. The fraction of sp³-hybridized carbons (Fsp3) is 0.652. The van der Waals surface area contributed by atoms with Crippen LogP contribution in [0.2, 0.25) is 0 Å². The van der Waals surface area contributed by atoms with E-state index in [4.69, 9.17) is 5.10 Å². The van der Waals surface area contributed by atoms with E-state index < -0.39 is 0 Å². The van der Waals surface area contributed by atoms with E-state index in [-0.39, 0.29) is 23.7 Å². The van der Waals surface area contributed by atoms with Crippen LogP contribution in [0.4, 0.5) is 0 Å². The summed E-state index contributed by atoms with van der Waals surface area (Å²) in [7, 11) is 0. The molecule has 2 amide bonds. The first-order valence-electron chi connectivity index (χ1n) is 11.6. The number of amides is 2. The molecule has 1 N–H and O–H groups in total. The number of hydrogen-bond acceptors (Lipinski definition) is 4. The molecule has 2 aromatic rings. The Kier molecular flexibility index (Phi) is 5.44. The van der Waals surface area contributed by atoms with Gasteiger partial charge in [-0.25, -0.2) is 9.67 Å². The highest BCUT2D eigenvalue weighted by Crippen LogP contribution is 2.33. The van der Waals surface area contributed by atoms with Gasteiger partial charge in [-0.15, -0.1) is 0 Å². The number of rotatable bonds is 6. The zero-order valence-electron chi connectivity index (χ0n) is 17.6. The number of fused-ring (bicyclic) bond motifs is 1. The van der Waals surface area contributed by atoms with Gasteiger partial charge in [-0.05, 0) is 50.7 Å². The zero-order chi connectivity index (χ0) is 20.5. The van der Waals surface area contributed by atoms with Gasteiger partial charge in [0.05, 0.1) is 12.2 Å². The van der Waals surface area contributed by atoms with Gasteiger partial charge in [0.25, 0.3) is 0 Å². The highest BCUT2D eigenvalue weighted by atomic mass is 16.2. The molecule has 160 valence electrons. The first kappa shape index (κ1) is 19.5. The number of hydrogen-bond donors (Lipinski definition) is 1. The Morgan fingerprint density at radius 3 is 2.70 bits per heavy atom. The van der Waals surface area contributed by atoms with Crippen molar-refractivity contribution in [3.05, 3.63) is 24.0 Å². The fourth-order valence-corrected chi connectivity index (χ4v) is 5.10. The molecular weight excluding hydrogens is 378 g/mol. The van der Waals surface area contributed by atoms with E-state index in [2.05, 4.69) is 21.3 Å². The lowest BCUT2D eigenvalue weighted by atomic mass is 9.92. The van der Waals surface area contributed by atoms with E-state index in [9.17, 15) is 9.59 Å². The van der Waals surface area contributed by atoms with Crippen LogP contribution < -0.4 is 5.32 Å². The average Bonchev–Trinajstić information content (AvgIpc) is 3.37. The molecule has 0 bridgehead atoms. The van der Waals surface area contributed by atoms with Gasteiger partial charge >= 0.3 is 0 Å². The Bertz CT molecular complexity index is 929. The van der Waals surface area contributed by atoms with E-state index >= 15 is 0 Å². The van der Waals surface area contributed by atoms with Gasteiger partial charge in [0.15, 0.2) is 5.65 Å². The Hall–Kier alpha value is -2.44. The maximum Gasteiger partial charge on any atom is 0.225 e. The third kappa shape index (κ3) is 3.94. The van der Waals surface area contributed by atoms with Crippen LogP contribution in [0.15, 0.2) is 18.3 Å². The molecule has 3 heterocycles. The van der Waals surface area contributed by atoms with Crippen LogP contribution in [-0.4, -0.2) is 51.1 Å². The topological polar surface area (TPSA) is 80.1 Å². The molecular formula is C23H31N5O2. The summed E-state index contributed by atoms with van der Waals surface area (Å²) < 4.78 is 1.93. The highest BCUT2D eigenvalue weighted by molar-refractivity contribution is 5.81. The second-order valence-corrected chi connectivity index (χ2v) is 9.15. The predicted molar refractivity (Wildman–Crippen MR) is 114 cm³/mol. The van der Waals surface area contributed by atoms with Crippen molar-refractivity contribution in [2.45, 2.75) is 63.8 Å². The molecule has 7 nitrogen and oxygen atoms in total. The lowest BCUT2D eigenvalue weighted by Crippen LogP contribution is -2.42. The normalized spacial score (nSPS) is 22.5. The van der Waals surface area contributed by atoms with Crippen LogP contribution in [0.3, 0.4) is 0 Å². The third-order valence-electron chi connectivity index (χ3n) is 6.93. The molecule has 1 aliphatic heterocycles. The van der Waals surface area contributed by atoms with Crippen molar-refractivity contribution >= 4 is 22.8 Å². The van der Waals surface area contributed by atoms with Gasteiger partial charge in [0, 0.05) is 49.0 Å². The minimum absolute atomic E-state index is 0.160. The molecule has 7 heteroatoms. The summed E-state index contributed by atoms with van der Waals surface area (Å²) >= 11 is 0. The third-order valence-corrected chi connectivity index (χ3v) is 6.93. The van der Waals surface area contributed by atoms with Crippen molar-refractivity contribution in [3.63, 3.8) is 0 Å². The lowest BCUT2D eigenvalue weighted by molar-refractivity contribution is -0.136. The molecule has 2 aromatic heterocycles. The molecule has 1 saturated heterocycles. The predicted octanol–water partition coefficient (Wildman–Crippen LogP) is 2.85. The van der Waals surface area contributed by atoms with Crippen LogP contribution >= 0.6 is 0 Å². The summed E-state index contributed by atoms with van der Waals surface area (Å²) in [6, 6.07) is 4.04. The summed E-state index contributed by atoms with van der Waals surface area (Å²) in [5, 5.41) is 9.02. The van der Waals surface area contributed by atoms with Crippen LogP contribution in [0.25, 0.3) is 11.0 Å². The van der Waals surface area contributed by atoms with Gasteiger partial charge in [0.1, 0.15) is 0 Å². The van der Waals surface area contributed by atoms with E-state index in [0.717, 1.165) is 68.3 Å². The summed E-state index contributed by atoms with van der Waals surface area (Å²) in [6.45, 7) is 2.81. The number of likely N-dealkylation sites (tertiary alicyclic amines) is 1. The summed E-state index contributed by atoms with van der Waals surface area (Å²) in [5.41, 5.74) is 1.92. The monoisotopic (exact) mass is 409 g/mol. The van der Waals surface area contributed by atoms with Gasteiger partial charge in [-0.3, -0.25) is 9.59 Å². The van der Waals surface area contributed by atoms with Gasteiger partial charge < -0.3 is 10.2 Å². The smallest absolute Gasteiger partial charge is 0.225 e. The standard InChI is InChI=1S/C23H31N5O2/c29-22(16-9-10-16)25-12-14-28-21-19(8-3-11-24-21)20(26-28)18-7-4-13-27(15-18)23(30)17-5-1-2-6-17/h3,8,11,16-18H,1-2,4-7,9-10,12-15H2,(H,25,29). The number of pyridine rings is 1. The van der Waals surface area contributed by atoms with Crippen LogP contribution in [0, 0.1) is 11.8 Å². The number of carbonyl (C=O) groups is 2. The Labute approximate surface area is 177 Å². The molecule has 2 saturated carbocycles. The highest BCUT2D eigenvalue weighted by Gasteiger charge is 2.33. The first-order chi connectivity index (χ1) is 14.7. The summed E-state index contributed by atoms with van der Waals surface area (Å²) in [4.78, 5) is 31.5. The van der Waals surface area contributed by atoms with Crippen molar-refractivity contribution in [2.75, 3.05) is 19.6 Å². The lowest BCUT2D eigenvalue weighted by Gasteiger charge is -2.33. The molecule has 2 aliphatic carbocycles. The molecule has 3 aliphatic rings. The number of carbonyl (C=O) groups excluding carboxylic acids is 2. The second kappa shape index (κ2) is 8.36. The summed E-state index contributed by atoms with van der Waals surface area (Å²) in [5.74, 6) is 1.21. The van der Waals surface area contributed by atoms with Crippen molar-refractivity contribution in [2.24, 2.45) is 11.8 Å². The van der Waals surface area contributed by atoms with Crippen LogP contribution in [0.1, 0.15) is 63.0 Å². The van der Waals surface area contributed by atoms with Gasteiger partial charge in [0.2, 0.25) is 11.8 Å². The van der Waals surface area contributed by atoms with E-state index in [1.165, 1.54) is 12.8 Å². The van der Waals surface area contributed by atoms with E-state index in [1.807, 2.05) is 10.7 Å². The number of nitrogens with one attached hydrogen (secondary N) is 1. The Morgan fingerprint density at radius 1 is 1.07 bits per heavy atom. The van der Waals surface area contributed by atoms with Crippen LogP contribution in [-0.2, 0) is 16.1 Å². The fourth-order valence-electron chi connectivity index (χ4n) is 5.10. The maximum atomic E-state index is 13.0. The molecule has 1 unspecified atom stereocenters. The molecule has 30 heavy (non-hydrogen) atoms. The number of aromatic nitrogens is 3. The van der Waals surface area contributed by atoms with Crippen molar-refractivity contribution in [1.82, 2.24) is 25.0 Å². The molecule has 0 aromatic carbocycles. The molecule has 0 spiro atoms. The van der Waals surface area contributed by atoms with E-state index in [1.54, 1.807) is 6.20 Å². The largest absolute Gasteiger partial charge is 0.354 e. The van der Waals surface area contributed by atoms with Gasteiger partial charge in [-0.1, -0.05) is 12.8 Å². The average molecular weight is 410 g/mol. The second-order valence-electron chi connectivity index (χ2n) is 9.15. The Balaban J connectivity index is 1.31.